The van der Waals surface area contributed by atoms with Gasteiger partial charge in [-0.25, -0.2) is 0 Å². The van der Waals surface area contributed by atoms with Crippen LogP contribution in [-0.4, -0.2) is 38.8 Å². The molecule has 0 radical (unpaired) electrons. The summed E-state index contributed by atoms with van der Waals surface area (Å²) in [6, 6.07) is 8.44. The van der Waals surface area contributed by atoms with E-state index in [2.05, 4.69) is 53.7 Å². The van der Waals surface area contributed by atoms with Gasteiger partial charge in [0.25, 0.3) is 0 Å². The molecule has 0 bridgehead atoms. The molecule has 1 aromatic carbocycles. The fourth-order valence-electron chi connectivity index (χ4n) is 2.40. The van der Waals surface area contributed by atoms with Gasteiger partial charge in [0, 0.05) is 25.1 Å². The molecule has 24 heavy (non-hydrogen) atoms. The lowest BCUT2D eigenvalue weighted by Gasteiger charge is -2.14. The highest BCUT2D eigenvalue weighted by molar-refractivity contribution is 7.80. The maximum Gasteiger partial charge on any atom is 0.305 e. The molecule has 0 heterocycles. The number of ether oxygens (including phenoxy) is 1. The van der Waals surface area contributed by atoms with Crippen molar-refractivity contribution in [2.24, 2.45) is 0 Å². The number of unbranched alkanes of at least 4 members (excludes halogenated alkanes) is 2. The van der Waals surface area contributed by atoms with Crippen LogP contribution in [0.4, 0.5) is 0 Å². The van der Waals surface area contributed by atoms with Crippen LogP contribution in [0.5, 0.6) is 0 Å². The number of quaternary nitrogens is 1. The van der Waals surface area contributed by atoms with Crippen molar-refractivity contribution >= 4 is 23.3 Å². The van der Waals surface area contributed by atoms with Gasteiger partial charge in [-0.3, -0.25) is 4.79 Å². The van der Waals surface area contributed by atoms with Gasteiger partial charge in [0.1, 0.15) is 6.54 Å². The summed E-state index contributed by atoms with van der Waals surface area (Å²) >= 11 is 5.32. The van der Waals surface area contributed by atoms with Crippen LogP contribution >= 0.6 is 12.2 Å². The van der Waals surface area contributed by atoms with Crippen LogP contribution in [0.15, 0.2) is 24.3 Å². The molecule has 0 saturated carbocycles. The van der Waals surface area contributed by atoms with Crippen LogP contribution in [0.2, 0.25) is 0 Å². The number of carbonyl (C=O) groups is 1. The van der Waals surface area contributed by atoms with E-state index in [0.717, 1.165) is 38.9 Å². The molecule has 1 rings (SSSR count). The fourth-order valence-corrected chi connectivity index (χ4v) is 2.57. The minimum atomic E-state index is -0.140. The van der Waals surface area contributed by atoms with E-state index in [4.69, 9.17) is 12.2 Å². The van der Waals surface area contributed by atoms with Gasteiger partial charge in [-0.2, -0.15) is 0 Å². The molecule has 5 nitrogen and oxygen atoms in total. The molecule has 6 heteroatoms. The normalized spacial score (nSPS) is 10.5. The van der Waals surface area contributed by atoms with E-state index in [1.54, 1.807) is 0 Å². The Kier molecular flexibility index (Phi) is 10.0. The number of methoxy groups -OCH3 is 1. The van der Waals surface area contributed by atoms with E-state index < -0.39 is 0 Å². The SMILES string of the molecule is COC(=O)CCCCCNC(=S)NCc1ccccc1C[NH+](C)C. The first-order valence-corrected chi connectivity index (χ1v) is 8.88. The van der Waals surface area contributed by atoms with Gasteiger partial charge in [-0.05, 0) is 30.6 Å². The molecule has 3 N–H and O–H groups in total. The molecular weight excluding hydrogens is 322 g/mol. The number of nitrogens with one attached hydrogen (secondary N) is 3. The van der Waals surface area contributed by atoms with E-state index in [1.807, 2.05) is 0 Å². The van der Waals surface area contributed by atoms with Crippen molar-refractivity contribution < 1.29 is 14.4 Å². The number of thiocarbonyl (C=S) groups is 1. The van der Waals surface area contributed by atoms with Crippen molar-refractivity contribution in [3.05, 3.63) is 35.4 Å². The summed E-state index contributed by atoms with van der Waals surface area (Å²) in [5, 5.41) is 7.16. The van der Waals surface area contributed by atoms with Crippen LogP contribution in [0.3, 0.4) is 0 Å². The Hall–Kier alpha value is -1.66. The molecule has 0 aliphatic carbocycles. The molecule has 0 amide bonds. The van der Waals surface area contributed by atoms with Crippen molar-refractivity contribution in [2.75, 3.05) is 27.7 Å². The van der Waals surface area contributed by atoms with Crippen LogP contribution in [0.1, 0.15) is 36.8 Å². The second-order valence-electron chi connectivity index (χ2n) is 6.15. The molecule has 0 spiro atoms. The van der Waals surface area contributed by atoms with Crippen molar-refractivity contribution in [3.63, 3.8) is 0 Å². The smallest absolute Gasteiger partial charge is 0.305 e. The summed E-state index contributed by atoms with van der Waals surface area (Å²) < 4.78 is 4.62. The molecule has 134 valence electrons. The van der Waals surface area contributed by atoms with Gasteiger partial charge in [-0.15, -0.1) is 0 Å². The van der Waals surface area contributed by atoms with E-state index in [0.29, 0.717) is 11.5 Å². The largest absolute Gasteiger partial charge is 0.469 e. The predicted molar refractivity (Wildman–Crippen MR) is 101 cm³/mol. The Morgan fingerprint density at radius 2 is 1.83 bits per heavy atom. The minimum Gasteiger partial charge on any atom is -0.469 e. The number of carbonyl (C=O) groups excluding carboxylic acids is 1. The lowest BCUT2D eigenvalue weighted by molar-refractivity contribution is -0.872. The molecule has 0 aromatic heterocycles. The van der Waals surface area contributed by atoms with Crippen LogP contribution in [-0.2, 0) is 22.6 Å². The van der Waals surface area contributed by atoms with E-state index in [-0.39, 0.29) is 5.97 Å². The van der Waals surface area contributed by atoms with Gasteiger partial charge in [-0.1, -0.05) is 30.7 Å². The van der Waals surface area contributed by atoms with E-state index in [1.165, 1.54) is 23.1 Å². The van der Waals surface area contributed by atoms with Crippen molar-refractivity contribution in [1.29, 1.82) is 0 Å². The molecule has 0 saturated heterocycles. The Balaban J connectivity index is 2.21. The number of hydrogen-bond donors (Lipinski definition) is 3. The molecule has 0 aliphatic heterocycles. The Bertz CT molecular complexity index is 521. The average molecular weight is 353 g/mol. The van der Waals surface area contributed by atoms with E-state index >= 15 is 0 Å². The van der Waals surface area contributed by atoms with Gasteiger partial charge >= 0.3 is 5.97 Å². The first-order valence-electron chi connectivity index (χ1n) is 8.47. The molecule has 0 unspecified atom stereocenters. The highest BCUT2D eigenvalue weighted by atomic mass is 32.1. The first-order chi connectivity index (χ1) is 11.5. The summed E-state index contributed by atoms with van der Waals surface area (Å²) in [7, 11) is 5.72. The van der Waals surface area contributed by atoms with Gasteiger partial charge in [0.2, 0.25) is 0 Å². The van der Waals surface area contributed by atoms with Crippen molar-refractivity contribution in [3.8, 4) is 0 Å². The van der Waals surface area contributed by atoms with Crippen LogP contribution in [0.25, 0.3) is 0 Å². The first kappa shape index (κ1) is 20.4. The lowest BCUT2D eigenvalue weighted by Crippen LogP contribution is -3.04. The summed E-state index contributed by atoms with van der Waals surface area (Å²) in [6.07, 6.45) is 3.32. The standard InChI is InChI=1S/C18H29N3O2S/c1-21(2)14-16-10-7-6-9-15(16)13-20-18(24)19-12-8-4-5-11-17(22)23-3/h6-7,9-10H,4-5,8,11-14H2,1-3H3,(H2,19,20,24)/p+1. The van der Waals surface area contributed by atoms with Crippen molar-refractivity contribution in [1.82, 2.24) is 10.6 Å². The second kappa shape index (κ2) is 11.8. The highest BCUT2D eigenvalue weighted by Gasteiger charge is 2.05. The monoisotopic (exact) mass is 352 g/mol. The summed E-state index contributed by atoms with van der Waals surface area (Å²) in [5.41, 5.74) is 2.62. The van der Waals surface area contributed by atoms with Crippen LogP contribution in [0, 0.1) is 0 Å². The Labute approximate surface area is 150 Å². The summed E-state index contributed by atoms with van der Waals surface area (Å²) in [6.45, 7) is 2.55. The number of rotatable bonds is 10. The minimum absolute atomic E-state index is 0.140. The Morgan fingerprint density at radius 3 is 2.50 bits per heavy atom. The third-order valence-electron chi connectivity index (χ3n) is 3.67. The predicted octanol–water partition coefficient (Wildman–Crippen LogP) is 1.03. The maximum atomic E-state index is 11.0. The number of esters is 1. The maximum absolute atomic E-state index is 11.0. The number of benzene rings is 1. The zero-order chi connectivity index (χ0) is 17.8. The Morgan fingerprint density at radius 1 is 1.12 bits per heavy atom. The summed E-state index contributed by atoms with van der Waals surface area (Å²) in [5.74, 6) is -0.140. The third-order valence-corrected chi connectivity index (χ3v) is 3.96. The zero-order valence-electron chi connectivity index (χ0n) is 15.0. The molecule has 0 aliphatic rings. The van der Waals surface area contributed by atoms with Gasteiger partial charge < -0.3 is 20.3 Å². The average Bonchev–Trinajstić information content (AvgIpc) is 2.56. The fraction of sp³-hybridized carbons (Fsp3) is 0.556. The molecule has 0 atom stereocenters. The van der Waals surface area contributed by atoms with Gasteiger partial charge in [0.05, 0.1) is 21.2 Å². The lowest BCUT2D eigenvalue weighted by atomic mass is 10.1. The second-order valence-corrected chi connectivity index (χ2v) is 6.56. The number of hydrogen-bond acceptors (Lipinski definition) is 3. The van der Waals surface area contributed by atoms with Gasteiger partial charge in [0.15, 0.2) is 5.11 Å². The third kappa shape index (κ3) is 8.84. The topological polar surface area (TPSA) is 54.8 Å². The molecular formula is C18H30N3O2S+. The highest BCUT2D eigenvalue weighted by Crippen LogP contribution is 2.07. The van der Waals surface area contributed by atoms with E-state index in [9.17, 15) is 4.79 Å². The molecule has 0 fully saturated rings. The summed E-state index contributed by atoms with van der Waals surface area (Å²) in [4.78, 5) is 12.4. The van der Waals surface area contributed by atoms with Crippen molar-refractivity contribution in [2.45, 2.75) is 38.8 Å². The quantitative estimate of drug-likeness (QED) is 0.334. The zero-order valence-corrected chi connectivity index (χ0v) is 15.8. The van der Waals surface area contributed by atoms with Crippen LogP contribution < -0.4 is 15.5 Å². The molecule has 1 aromatic rings.